The van der Waals surface area contributed by atoms with E-state index < -0.39 is 0 Å². The second kappa shape index (κ2) is 5.53. The third kappa shape index (κ3) is 2.72. The molecule has 0 atom stereocenters. The molecule has 3 heteroatoms. The van der Waals surface area contributed by atoms with Gasteiger partial charge in [-0.15, -0.1) is 0 Å². The van der Waals surface area contributed by atoms with E-state index in [9.17, 15) is 0 Å². The molecule has 0 unspecified atom stereocenters. The van der Waals surface area contributed by atoms with E-state index in [0.717, 1.165) is 30.9 Å². The first kappa shape index (κ1) is 13.1. The number of aromatic nitrogens is 2. The molecule has 0 aliphatic heterocycles. The number of benzene rings is 1. The first-order valence-electron chi connectivity index (χ1n) is 6.81. The number of nitrogens with zero attached hydrogens (tertiary/aromatic N) is 2. The largest absolute Gasteiger partial charge is 0.327 e. The predicted molar refractivity (Wildman–Crippen MR) is 76.7 cm³/mol. The van der Waals surface area contributed by atoms with Crippen LogP contribution in [0.15, 0.2) is 18.2 Å². The molecule has 0 aliphatic rings. The molecule has 1 aromatic carbocycles. The zero-order valence-electron chi connectivity index (χ0n) is 11.8. The molecule has 98 valence electrons. The Morgan fingerprint density at radius 2 is 2.11 bits per heavy atom. The van der Waals surface area contributed by atoms with Gasteiger partial charge in [0.05, 0.1) is 17.6 Å². The second-order valence-corrected chi connectivity index (χ2v) is 5.21. The maximum absolute atomic E-state index is 4.76. The van der Waals surface area contributed by atoms with E-state index in [4.69, 9.17) is 4.98 Å². The van der Waals surface area contributed by atoms with Crippen LogP contribution < -0.4 is 5.32 Å². The molecule has 0 saturated carbocycles. The maximum Gasteiger partial charge on any atom is 0.123 e. The molecular formula is C15H23N3. The molecule has 0 amide bonds. The number of fused-ring (bicyclic) bond motifs is 1. The Bertz CT molecular complexity index is 526. The summed E-state index contributed by atoms with van der Waals surface area (Å²) in [6.07, 6.45) is 1.13. The summed E-state index contributed by atoms with van der Waals surface area (Å²) in [5, 5.41) is 3.45. The fourth-order valence-corrected chi connectivity index (χ4v) is 2.19. The van der Waals surface area contributed by atoms with Crippen LogP contribution in [0.3, 0.4) is 0 Å². The molecule has 0 fully saturated rings. The topological polar surface area (TPSA) is 29.9 Å². The molecular weight excluding hydrogens is 222 g/mol. The van der Waals surface area contributed by atoms with Crippen LogP contribution in [0.2, 0.25) is 0 Å². The second-order valence-electron chi connectivity index (χ2n) is 5.21. The van der Waals surface area contributed by atoms with Crippen molar-refractivity contribution >= 4 is 11.0 Å². The maximum atomic E-state index is 4.76. The van der Waals surface area contributed by atoms with Crippen LogP contribution >= 0.6 is 0 Å². The summed E-state index contributed by atoms with van der Waals surface area (Å²) in [4.78, 5) is 4.76. The SMILES string of the molecule is CCCn1c(CNC(C)C)nc2cc(C)ccc21. The Labute approximate surface area is 109 Å². The lowest BCUT2D eigenvalue weighted by molar-refractivity contribution is 0.546. The molecule has 0 aliphatic carbocycles. The van der Waals surface area contributed by atoms with Gasteiger partial charge in [-0.3, -0.25) is 0 Å². The first-order chi connectivity index (χ1) is 8.61. The van der Waals surface area contributed by atoms with E-state index in [1.165, 1.54) is 11.1 Å². The van der Waals surface area contributed by atoms with Crippen molar-refractivity contribution in [2.45, 2.75) is 53.2 Å². The van der Waals surface area contributed by atoms with Crippen molar-refractivity contribution in [3.05, 3.63) is 29.6 Å². The smallest absolute Gasteiger partial charge is 0.123 e. The lowest BCUT2D eigenvalue weighted by atomic mass is 10.2. The van der Waals surface area contributed by atoms with E-state index in [0.29, 0.717) is 6.04 Å². The van der Waals surface area contributed by atoms with Crippen molar-refractivity contribution < 1.29 is 0 Å². The Hall–Kier alpha value is -1.35. The molecule has 0 radical (unpaired) electrons. The lowest BCUT2D eigenvalue weighted by Gasteiger charge is -2.10. The summed E-state index contributed by atoms with van der Waals surface area (Å²) in [5.41, 5.74) is 3.64. The molecule has 1 aromatic heterocycles. The Kier molecular flexibility index (Phi) is 4.02. The number of hydrogen-bond donors (Lipinski definition) is 1. The Morgan fingerprint density at radius 3 is 2.78 bits per heavy atom. The van der Waals surface area contributed by atoms with E-state index in [1.807, 2.05) is 0 Å². The van der Waals surface area contributed by atoms with Gasteiger partial charge in [-0.25, -0.2) is 4.98 Å². The number of imidazole rings is 1. The molecule has 0 spiro atoms. The predicted octanol–water partition coefficient (Wildman–Crippen LogP) is 3.25. The van der Waals surface area contributed by atoms with Gasteiger partial charge in [0.2, 0.25) is 0 Å². The van der Waals surface area contributed by atoms with Gasteiger partial charge < -0.3 is 9.88 Å². The third-order valence-electron chi connectivity index (χ3n) is 3.10. The fraction of sp³-hybridized carbons (Fsp3) is 0.533. The van der Waals surface area contributed by atoms with Crippen molar-refractivity contribution in [3.63, 3.8) is 0 Å². The highest BCUT2D eigenvalue weighted by Crippen LogP contribution is 2.18. The van der Waals surface area contributed by atoms with E-state index in [-0.39, 0.29) is 0 Å². The van der Waals surface area contributed by atoms with Gasteiger partial charge in [0.25, 0.3) is 0 Å². The highest BCUT2D eigenvalue weighted by atomic mass is 15.1. The summed E-state index contributed by atoms with van der Waals surface area (Å²) in [6.45, 7) is 10.5. The van der Waals surface area contributed by atoms with Crippen molar-refractivity contribution in [2.24, 2.45) is 0 Å². The zero-order chi connectivity index (χ0) is 13.1. The van der Waals surface area contributed by atoms with Gasteiger partial charge in [-0.05, 0) is 31.0 Å². The van der Waals surface area contributed by atoms with Crippen LogP contribution in [-0.2, 0) is 13.1 Å². The molecule has 0 bridgehead atoms. The van der Waals surface area contributed by atoms with Gasteiger partial charge in [0.1, 0.15) is 5.82 Å². The summed E-state index contributed by atoms with van der Waals surface area (Å²) in [7, 11) is 0. The molecule has 2 rings (SSSR count). The molecule has 1 heterocycles. The lowest BCUT2D eigenvalue weighted by Crippen LogP contribution is -2.24. The van der Waals surface area contributed by atoms with Crippen LogP contribution in [0.4, 0.5) is 0 Å². The van der Waals surface area contributed by atoms with Crippen LogP contribution in [0, 0.1) is 6.92 Å². The number of aryl methyl sites for hydroxylation is 2. The summed E-state index contributed by atoms with van der Waals surface area (Å²) in [5.74, 6) is 1.14. The molecule has 1 N–H and O–H groups in total. The molecule has 2 aromatic rings. The average molecular weight is 245 g/mol. The number of nitrogens with one attached hydrogen (secondary N) is 1. The Morgan fingerprint density at radius 1 is 1.33 bits per heavy atom. The van der Waals surface area contributed by atoms with Crippen LogP contribution in [-0.4, -0.2) is 15.6 Å². The molecule has 18 heavy (non-hydrogen) atoms. The molecule has 0 saturated heterocycles. The van der Waals surface area contributed by atoms with Crippen LogP contribution in [0.5, 0.6) is 0 Å². The third-order valence-corrected chi connectivity index (χ3v) is 3.10. The van der Waals surface area contributed by atoms with Crippen molar-refractivity contribution in [3.8, 4) is 0 Å². The summed E-state index contributed by atoms with van der Waals surface area (Å²) >= 11 is 0. The average Bonchev–Trinajstić information content (AvgIpc) is 2.64. The monoisotopic (exact) mass is 245 g/mol. The standard InChI is InChI=1S/C15H23N3/c1-5-8-18-14-7-6-12(4)9-13(14)17-15(18)10-16-11(2)3/h6-7,9,11,16H,5,8,10H2,1-4H3. The first-order valence-corrected chi connectivity index (χ1v) is 6.81. The van der Waals surface area contributed by atoms with Gasteiger partial charge in [0.15, 0.2) is 0 Å². The summed E-state index contributed by atoms with van der Waals surface area (Å²) in [6, 6.07) is 7.00. The minimum atomic E-state index is 0.488. The van der Waals surface area contributed by atoms with Crippen molar-refractivity contribution in [1.82, 2.24) is 14.9 Å². The quantitative estimate of drug-likeness (QED) is 0.876. The van der Waals surface area contributed by atoms with Crippen LogP contribution in [0.1, 0.15) is 38.6 Å². The van der Waals surface area contributed by atoms with Crippen molar-refractivity contribution in [2.75, 3.05) is 0 Å². The zero-order valence-corrected chi connectivity index (χ0v) is 11.8. The molecule has 3 nitrogen and oxygen atoms in total. The van der Waals surface area contributed by atoms with E-state index >= 15 is 0 Å². The van der Waals surface area contributed by atoms with Gasteiger partial charge >= 0.3 is 0 Å². The summed E-state index contributed by atoms with van der Waals surface area (Å²) < 4.78 is 2.34. The van der Waals surface area contributed by atoms with Gasteiger partial charge in [-0.2, -0.15) is 0 Å². The van der Waals surface area contributed by atoms with Crippen molar-refractivity contribution in [1.29, 1.82) is 0 Å². The number of rotatable bonds is 5. The minimum Gasteiger partial charge on any atom is -0.327 e. The normalized spacial score (nSPS) is 11.6. The fourth-order valence-electron chi connectivity index (χ4n) is 2.19. The van der Waals surface area contributed by atoms with Crippen LogP contribution in [0.25, 0.3) is 11.0 Å². The Balaban J connectivity index is 2.40. The van der Waals surface area contributed by atoms with E-state index in [2.05, 4.69) is 55.8 Å². The number of hydrogen-bond acceptors (Lipinski definition) is 2. The minimum absolute atomic E-state index is 0.488. The van der Waals surface area contributed by atoms with Gasteiger partial charge in [-0.1, -0.05) is 26.8 Å². The van der Waals surface area contributed by atoms with E-state index in [1.54, 1.807) is 0 Å². The van der Waals surface area contributed by atoms with Gasteiger partial charge in [0, 0.05) is 12.6 Å². The highest BCUT2D eigenvalue weighted by molar-refractivity contribution is 5.76. The highest BCUT2D eigenvalue weighted by Gasteiger charge is 2.10.